The molecule has 0 spiro atoms. The molecule has 0 saturated heterocycles. The molecule has 18 heavy (non-hydrogen) atoms. The van der Waals surface area contributed by atoms with E-state index in [0.29, 0.717) is 0 Å². The van der Waals surface area contributed by atoms with Crippen molar-refractivity contribution >= 4 is 19.3 Å². The van der Waals surface area contributed by atoms with Crippen molar-refractivity contribution in [2.75, 3.05) is 19.4 Å². The molecule has 0 rings (SSSR count). The van der Waals surface area contributed by atoms with Crippen LogP contribution in [0.5, 0.6) is 0 Å². The van der Waals surface area contributed by atoms with Crippen LogP contribution < -0.4 is 0 Å². The molecular weight excluding hydrogens is 259 g/mol. The number of carbonyl (C=O) groups excluding carboxylic acids is 2. The summed E-state index contributed by atoms with van der Waals surface area (Å²) in [7, 11) is -3.46. The third kappa shape index (κ3) is 5.76. The highest BCUT2D eigenvalue weighted by Gasteiger charge is 2.37. The largest absolute Gasteiger partial charge is 0.452 e. The van der Waals surface area contributed by atoms with Crippen molar-refractivity contribution in [3.05, 3.63) is 0 Å². The molecule has 0 aromatic heterocycles. The minimum atomic E-state index is -3.46. The molecule has 0 aliphatic rings. The number of ether oxygens (including phenoxy) is 1. The Morgan fingerprint density at radius 3 is 1.89 bits per heavy atom. The van der Waals surface area contributed by atoms with Crippen LogP contribution in [0.1, 0.15) is 34.6 Å². The first-order chi connectivity index (χ1) is 8.17. The van der Waals surface area contributed by atoms with E-state index in [-0.39, 0.29) is 13.2 Å². The Morgan fingerprint density at radius 2 is 1.56 bits per heavy atom. The molecule has 6 nitrogen and oxygen atoms in total. The maximum atomic E-state index is 12.2. The normalized spacial score (nSPS) is 12.3. The van der Waals surface area contributed by atoms with Crippen molar-refractivity contribution in [1.82, 2.24) is 0 Å². The molecule has 0 aliphatic carbocycles. The zero-order valence-corrected chi connectivity index (χ0v) is 12.4. The molecule has 0 atom stereocenters. The Balaban J connectivity index is 4.79. The highest BCUT2D eigenvalue weighted by atomic mass is 31.2. The van der Waals surface area contributed by atoms with Gasteiger partial charge in [-0.15, -0.1) is 0 Å². The van der Waals surface area contributed by atoms with Crippen LogP contribution >= 0.6 is 7.60 Å². The average Bonchev–Trinajstić information content (AvgIpc) is 2.15. The van der Waals surface area contributed by atoms with Gasteiger partial charge in [-0.1, -0.05) is 0 Å². The molecular formula is C11H21O6P. The lowest BCUT2D eigenvalue weighted by molar-refractivity contribution is -0.160. The summed E-state index contributed by atoms with van der Waals surface area (Å²) in [6, 6.07) is 0. The van der Waals surface area contributed by atoms with Crippen molar-refractivity contribution in [1.29, 1.82) is 0 Å². The van der Waals surface area contributed by atoms with Gasteiger partial charge in [-0.3, -0.25) is 14.2 Å². The van der Waals surface area contributed by atoms with E-state index in [2.05, 4.69) is 0 Å². The quantitative estimate of drug-likeness (QED) is 0.501. The maximum Gasteiger partial charge on any atom is 0.338 e. The minimum Gasteiger partial charge on any atom is -0.452 e. The van der Waals surface area contributed by atoms with Gasteiger partial charge in [0.05, 0.1) is 13.2 Å². The molecule has 106 valence electrons. The number of Topliss-reactive ketones (excluding diaryl/α,β-unsaturated/α-hetero) is 1. The standard InChI is InChI=1S/C11H21O6P/c1-6-15-18(14,16-7-2)8-10(13)11(4,5)17-9(3)12/h6-8H2,1-5H3. The van der Waals surface area contributed by atoms with Crippen molar-refractivity contribution < 1.29 is 27.9 Å². The van der Waals surface area contributed by atoms with Gasteiger partial charge < -0.3 is 13.8 Å². The first-order valence-electron chi connectivity index (χ1n) is 5.78. The van der Waals surface area contributed by atoms with Crippen molar-refractivity contribution in [3.8, 4) is 0 Å². The molecule has 0 amide bonds. The minimum absolute atomic E-state index is 0.179. The molecule has 0 saturated carbocycles. The second kappa shape index (κ2) is 7.02. The SMILES string of the molecule is CCOP(=O)(CC(=O)C(C)(C)OC(C)=O)OCC. The Bertz CT molecular complexity index is 339. The lowest BCUT2D eigenvalue weighted by atomic mass is 10.1. The summed E-state index contributed by atoms with van der Waals surface area (Å²) in [5.74, 6) is -1.07. The van der Waals surface area contributed by atoms with Gasteiger partial charge in [0.15, 0.2) is 11.4 Å². The third-order valence-corrected chi connectivity index (χ3v) is 4.04. The Morgan fingerprint density at radius 1 is 1.11 bits per heavy atom. The predicted octanol–water partition coefficient (Wildman–Crippen LogP) is 2.16. The van der Waals surface area contributed by atoms with Gasteiger partial charge >= 0.3 is 13.6 Å². The average molecular weight is 280 g/mol. The third-order valence-electron chi connectivity index (χ3n) is 2.06. The molecule has 0 N–H and O–H groups in total. The molecule has 0 bridgehead atoms. The lowest BCUT2D eigenvalue weighted by Crippen LogP contribution is -2.38. The molecule has 7 heteroatoms. The van der Waals surface area contributed by atoms with Crippen molar-refractivity contribution in [2.24, 2.45) is 0 Å². The van der Waals surface area contributed by atoms with E-state index in [1.807, 2.05) is 0 Å². The van der Waals surface area contributed by atoms with E-state index in [1.54, 1.807) is 13.8 Å². The smallest absolute Gasteiger partial charge is 0.338 e. The van der Waals surface area contributed by atoms with Gasteiger partial charge in [-0.05, 0) is 27.7 Å². The zero-order valence-electron chi connectivity index (χ0n) is 11.5. The Hall–Kier alpha value is -0.710. The van der Waals surface area contributed by atoms with Crippen LogP contribution in [-0.2, 0) is 27.9 Å². The molecule has 0 unspecified atom stereocenters. The van der Waals surface area contributed by atoms with Crippen LogP contribution in [0.2, 0.25) is 0 Å². The van der Waals surface area contributed by atoms with Gasteiger partial charge in [0.25, 0.3) is 0 Å². The highest BCUT2D eigenvalue weighted by molar-refractivity contribution is 7.54. The second-order valence-corrected chi connectivity index (χ2v) is 6.19. The van der Waals surface area contributed by atoms with Crippen LogP contribution in [0.25, 0.3) is 0 Å². The Kier molecular flexibility index (Phi) is 6.74. The van der Waals surface area contributed by atoms with Crippen LogP contribution in [0.4, 0.5) is 0 Å². The topological polar surface area (TPSA) is 78.9 Å². The Labute approximate surface area is 108 Å². The first-order valence-corrected chi connectivity index (χ1v) is 7.50. The fraction of sp³-hybridized carbons (Fsp3) is 0.818. The number of hydrogen-bond donors (Lipinski definition) is 0. The fourth-order valence-corrected chi connectivity index (χ4v) is 3.08. The first kappa shape index (κ1) is 17.3. The zero-order chi connectivity index (χ0) is 14.4. The number of carbonyl (C=O) groups is 2. The van der Waals surface area contributed by atoms with Crippen LogP contribution in [0.3, 0.4) is 0 Å². The van der Waals surface area contributed by atoms with Gasteiger partial charge in [0.2, 0.25) is 0 Å². The summed E-state index contributed by atoms with van der Waals surface area (Å²) in [4.78, 5) is 22.8. The summed E-state index contributed by atoms with van der Waals surface area (Å²) in [5.41, 5.74) is -1.34. The van der Waals surface area contributed by atoms with E-state index < -0.39 is 31.1 Å². The number of rotatable bonds is 8. The molecule has 0 aromatic carbocycles. The highest BCUT2D eigenvalue weighted by Crippen LogP contribution is 2.48. The van der Waals surface area contributed by atoms with Crippen LogP contribution in [-0.4, -0.2) is 36.7 Å². The summed E-state index contributed by atoms with van der Waals surface area (Å²) < 4.78 is 27.1. The summed E-state index contributed by atoms with van der Waals surface area (Å²) in [5, 5.41) is 0. The number of esters is 1. The van der Waals surface area contributed by atoms with Crippen molar-refractivity contribution in [2.45, 2.75) is 40.2 Å². The predicted molar refractivity (Wildman–Crippen MR) is 66.6 cm³/mol. The fourth-order valence-electron chi connectivity index (χ4n) is 1.30. The van der Waals surface area contributed by atoms with Gasteiger partial charge in [0, 0.05) is 6.92 Å². The number of hydrogen-bond acceptors (Lipinski definition) is 6. The summed E-state index contributed by atoms with van der Waals surface area (Å²) >= 11 is 0. The van der Waals surface area contributed by atoms with E-state index in [1.165, 1.54) is 20.8 Å². The second-order valence-electron chi connectivity index (χ2n) is 4.13. The van der Waals surface area contributed by atoms with E-state index in [0.717, 1.165) is 0 Å². The summed E-state index contributed by atoms with van der Waals surface area (Å²) in [6.07, 6.45) is -0.408. The molecule has 0 fully saturated rings. The van der Waals surface area contributed by atoms with E-state index in [4.69, 9.17) is 13.8 Å². The monoisotopic (exact) mass is 280 g/mol. The van der Waals surface area contributed by atoms with Crippen LogP contribution in [0.15, 0.2) is 0 Å². The number of ketones is 1. The van der Waals surface area contributed by atoms with Gasteiger partial charge in [0.1, 0.15) is 6.16 Å². The molecule has 0 aromatic rings. The summed E-state index contributed by atoms with van der Waals surface area (Å²) in [6.45, 7) is 7.77. The maximum absolute atomic E-state index is 12.2. The molecule has 0 aliphatic heterocycles. The van der Waals surface area contributed by atoms with Gasteiger partial charge in [-0.25, -0.2) is 0 Å². The van der Waals surface area contributed by atoms with E-state index >= 15 is 0 Å². The van der Waals surface area contributed by atoms with E-state index in [9.17, 15) is 14.2 Å². The van der Waals surface area contributed by atoms with Crippen LogP contribution in [0, 0.1) is 0 Å². The molecule has 0 radical (unpaired) electrons. The lowest BCUT2D eigenvalue weighted by Gasteiger charge is -2.25. The van der Waals surface area contributed by atoms with Crippen molar-refractivity contribution in [3.63, 3.8) is 0 Å². The molecule has 0 heterocycles. The van der Waals surface area contributed by atoms with Gasteiger partial charge in [-0.2, -0.15) is 0 Å².